The van der Waals surface area contributed by atoms with Crippen LogP contribution in [0.3, 0.4) is 0 Å². The first-order valence-electron chi connectivity index (χ1n) is 8.20. The Kier molecular flexibility index (Phi) is 5.16. The van der Waals surface area contributed by atoms with Crippen molar-refractivity contribution >= 4 is 23.1 Å². The molecule has 2 aromatic heterocycles. The van der Waals surface area contributed by atoms with Crippen LogP contribution >= 0.6 is 11.3 Å². The Bertz CT molecular complexity index is 958. The zero-order valence-electron chi connectivity index (χ0n) is 15.2. The zero-order valence-corrected chi connectivity index (χ0v) is 16.0. The molecule has 2 N–H and O–H groups in total. The number of halogens is 3. The number of hydrogen-bond acceptors (Lipinski definition) is 5. The number of nitrogens with one attached hydrogen (secondary N) is 2. The number of amides is 1. The summed E-state index contributed by atoms with van der Waals surface area (Å²) in [5, 5.41) is 9.18. The van der Waals surface area contributed by atoms with Gasteiger partial charge in [0.05, 0.1) is 16.1 Å². The van der Waals surface area contributed by atoms with Crippen LogP contribution in [0.5, 0.6) is 0 Å². The summed E-state index contributed by atoms with van der Waals surface area (Å²) in [6.45, 7) is 5.22. The van der Waals surface area contributed by atoms with Gasteiger partial charge in [-0.2, -0.15) is 18.3 Å². The monoisotopic (exact) mass is 410 g/mol. The molecular weight excluding hydrogens is 393 g/mol. The quantitative estimate of drug-likeness (QED) is 0.592. The van der Waals surface area contributed by atoms with Crippen molar-refractivity contribution in [3.8, 4) is 21.1 Å². The second kappa shape index (κ2) is 7.27. The SMILES string of the molecule is CC(C)(C)OC(=O)Nc1cc(-c2ccc(C(F)(F)F)cc2)sc1-c1ncn[nH]1. The van der Waals surface area contributed by atoms with E-state index in [1.807, 2.05) is 0 Å². The lowest BCUT2D eigenvalue weighted by Crippen LogP contribution is -2.27. The molecule has 3 aromatic rings. The van der Waals surface area contributed by atoms with E-state index in [0.717, 1.165) is 12.1 Å². The van der Waals surface area contributed by atoms with Crippen molar-refractivity contribution in [1.29, 1.82) is 0 Å². The predicted molar refractivity (Wildman–Crippen MR) is 100.0 cm³/mol. The Balaban J connectivity index is 1.94. The summed E-state index contributed by atoms with van der Waals surface area (Å²) in [7, 11) is 0. The maximum Gasteiger partial charge on any atom is 0.416 e. The van der Waals surface area contributed by atoms with E-state index in [4.69, 9.17) is 4.74 Å². The molecule has 0 radical (unpaired) electrons. The predicted octanol–water partition coefficient (Wildman–Crippen LogP) is 5.57. The van der Waals surface area contributed by atoms with Crippen molar-refractivity contribution in [2.75, 3.05) is 5.32 Å². The number of nitrogens with zero attached hydrogens (tertiary/aromatic N) is 2. The van der Waals surface area contributed by atoms with E-state index in [0.29, 0.717) is 26.8 Å². The summed E-state index contributed by atoms with van der Waals surface area (Å²) in [5.74, 6) is 0.425. The minimum atomic E-state index is -4.40. The third kappa shape index (κ3) is 4.69. The highest BCUT2D eigenvalue weighted by Gasteiger charge is 2.30. The topological polar surface area (TPSA) is 79.9 Å². The molecule has 0 saturated carbocycles. The van der Waals surface area contributed by atoms with Gasteiger partial charge >= 0.3 is 12.3 Å². The zero-order chi connectivity index (χ0) is 20.5. The van der Waals surface area contributed by atoms with Crippen LogP contribution in [-0.4, -0.2) is 26.9 Å². The highest BCUT2D eigenvalue weighted by molar-refractivity contribution is 7.19. The van der Waals surface area contributed by atoms with Gasteiger partial charge < -0.3 is 4.74 Å². The molecule has 0 bridgehead atoms. The summed E-state index contributed by atoms with van der Waals surface area (Å²) in [6, 6.07) is 6.47. The van der Waals surface area contributed by atoms with Crippen molar-refractivity contribution in [1.82, 2.24) is 15.2 Å². The molecule has 0 saturated heterocycles. The molecule has 28 heavy (non-hydrogen) atoms. The minimum Gasteiger partial charge on any atom is -0.444 e. The summed E-state index contributed by atoms with van der Waals surface area (Å²) >= 11 is 1.26. The molecule has 2 heterocycles. The number of carbonyl (C=O) groups excluding carboxylic acids is 1. The van der Waals surface area contributed by atoms with Gasteiger partial charge in [0.25, 0.3) is 0 Å². The number of thiophene rings is 1. The Hall–Kier alpha value is -2.88. The standard InChI is InChI=1S/C18H17F3N4O2S/c1-17(2,3)27-16(26)24-12-8-13(28-14(12)15-22-9-23-25-15)10-4-6-11(7-5-10)18(19,20)21/h4-9H,1-3H3,(H,24,26)(H,22,23,25). The molecule has 0 aliphatic rings. The van der Waals surface area contributed by atoms with Gasteiger partial charge in [0.15, 0.2) is 5.82 Å². The number of aromatic amines is 1. The maximum absolute atomic E-state index is 12.8. The largest absolute Gasteiger partial charge is 0.444 e. The Labute approximate surface area is 162 Å². The lowest BCUT2D eigenvalue weighted by molar-refractivity contribution is -0.137. The number of aromatic nitrogens is 3. The molecule has 0 aliphatic carbocycles. The fourth-order valence-corrected chi connectivity index (χ4v) is 3.42. The average Bonchev–Trinajstić information content (AvgIpc) is 3.21. The third-order valence-corrected chi connectivity index (χ3v) is 4.69. The number of benzene rings is 1. The fraction of sp³-hybridized carbons (Fsp3) is 0.278. The summed E-state index contributed by atoms with van der Waals surface area (Å²) in [6.07, 6.45) is -3.72. The summed E-state index contributed by atoms with van der Waals surface area (Å²) < 4.78 is 43.6. The van der Waals surface area contributed by atoms with E-state index in [1.54, 1.807) is 26.8 Å². The van der Waals surface area contributed by atoms with Crippen LogP contribution in [0.1, 0.15) is 26.3 Å². The van der Waals surface area contributed by atoms with Crippen molar-refractivity contribution in [2.24, 2.45) is 0 Å². The summed E-state index contributed by atoms with van der Waals surface area (Å²) in [4.78, 5) is 17.5. The van der Waals surface area contributed by atoms with Gasteiger partial charge in [0, 0.05) is 4.88 Å². The Morgan fingerprint density at radius 1 is 1.18 bits per heavy atom. The molecule has 1 aromatic carbocycles. The molecule has 3 rings (SSSR count). The second-order valence-electron chi connectivity index (χ2n) is 6.89. The molecule has 0 atom stereocenters. The van der Waals surface area contributed by atoms with Crippen LogP contribution in [0.2, 0.25) is 0 Å². The molecule has 0 aliphatic heterocycles. The molecule has 0 fully saturated rings. The van der Waals surface area contributed by atoms with Crippen LogP contribution in [0, 0.1) is 0 Å². The second-order valence-corrected chi connectivity index (χ2v) is 7.94. The Morgan fingerprint density at radius 2 is 1.86 bits per heavy atom. The number of hydrogen-bond donors (Lipinski definition) is 2. The Morgan fingerprint density at radius 3 is 2.39 bits per heavy atom. The van der Waals surface area contributed by atoms with E-state index in [1.165, 1.54) is 29.8 Å². The first-order chi connectivity index (χ1) is 13.0. The normalized spacial score (nSPS) is 12.1. The van der Waals surface area contributed by atoms with Crippen LogP contribution in [0.4, 0.5) is 23.7 Å². The highest BCUT2D eigenvalue weighted by Crippen LogP contribution is 2.41. The average molecular weight is 410 g/mol. The van der Waals surface area contributed by atoms with E-state index >= 15 is 0 Å². The van der Waals surface area contributed by atoms with E-state index in [-0.39, 0.29) is 0 Å². The van der Waals surface area contributed by atoms with Gasteiger partial charge in [-0.15, -0.1) is 11.3 Å². The van der Waals surface area contributed by atoms with Gasteiger partial charge in [-0.3, -0.25) is 10.4 Å². The highest BCUT2D eigenvalue weighted by atomic mass is 32.1. The van der Waals surface area contributed by atoms with Crippen molar-refractivity contribution in [3.05, 3.63) is 42.2 Å². The van der Waals surface area contributed by atoms with Gasteiger partial charge in [0.1, 0.15) is 11.9 Å². The molecule has 0 spiro atoms. The number of H-pyrrole nitrogens is 1. The molecule has 0 unspecified atom stereocenters. The lowest BCUT2D eigenvalue weighted by atomic mass is 10.1. The number of alkyl halides is 3. The van der Waals surface area contributed by atoms with Crippen LogP contribution < -0.4 is 5.32 Å². The number of anilines is 1. The van der Waals surface area contributed by atoms with Gasteiger partial charge in [-0.1, -0.05) is 12.1 Å². The van der Waals surface area contributed by atoms with Crippen LogP contribution in [-0.2, 0) is 10.9 Å². The van der Waals surface area contributed by atoms with Crippen molar-refractivity contribution < 1.29 is 22.7 Å². The molecule has 6 nitrogen and oxygen atoms in total. The summed E-state index contributed by atoms with van der Waals surface area (Å²) in [5.41, 5.74) is -0.403. The number of ether oxygens (including phenoxy) is 1. The first-order valence-corrected chi connectivity index (χ1v) is 9.02. The van der Waals surface area contributed by atoms with Crippen molar-refractivity contribution in [2.45, 2.75) is 32.5 Å². The van der Waals surface area contributed by atoms with Gasteiger partial charge in [-0.25, -0.2) is 9.78 Å². The molecule has 10 heteroatoms. The minimum absolute atomic E-state index is 0.422. The van der Waals surface area contributed by atoms with Gasteiger partial charge in [0.2, 0.25) is 0 Å². The maximum atomic E-state index is 12.8. The third-order valence-electron chi connectivity index (χ3n) is 3.49. The van der Waals surface area contributed by atoms with E-state index in [9.17, 15) is 18.0 Å². The van der Waals surface area contributed by atoms with E-state index < -0.39 is 23.4 Å². The van der Waals surface area contributed by atoms with E-state index in [2.05, 4.69) is 20.5 Å². The van der Waals surface area contributed by atoms with Crippen LogP contribution in [0.15, 0.2) is 36.7 Å². The van der Waals surface area contributed by atoms with Gasteiger partial charge in [-0.05, 0) is 44.5 Å². The molecule has 148 valence electrons. The molecule has 1 amide bonds. The van der Waals surface area contributed by atoms with Crippen molar-refractivity contribution in [3.63, 3.8) is 0 Å². The first kappa shape index (κ1) is 19.9. The smallest absolute Gasteiger partial charge is 0.416 e. The lowest BCUT2D eigenvalue weighted by Gasteiger charge is -2.19. The number of rotatable bonds is 3. The molecular formula is C18H17F3N4O2S. The van der Waals surface area contributed by atoms with Crippen LogP contribution in [0.25, 0.3) is 21.1 Å². The number of carbonyl (C=O) groups is 1. The fourth-order valence-electron chi connectivity index (χ4n) is 2.35.